The van der Waals surface area contributed by atoms with Gasteiger partial charge in [-0.2, -0.15) is 0 Å². The van der Waals surface area contributed by atoms with Crippen molar-refractivity contribution in [3.8, 4) is 11.8 Å². The van der Waals surface area contributed by atoms with Crippen LogP contribution in [0.4, 0.5) is 0 Å². The lowest BCUT2D eigenvalue weighted by molar-refractivity contribution is -0.121. The number of nitrogens with zero attached hydrogens (tertiary/aromatic N) is 1. The van der Waals surface area contributed by atoms with Crippen LogP contribution in [0.3, 0.4) is 0 Å². The van der Waals surface area contributed by atoms with E-state index in [0.717, 1.165) is 0 Å². The highest BCUT2D eigenvalue weighted by atomic mass is 16.2. The molecule has 1 aromatic rings. The van der Waals surface area contributed by atoms with Crippen molar-refractivity contribution in [1.29, 1.82) is 0 Å². The molecule has 1 aromatic heterocycles. The molecule has 2 amide bonds. The number of nitrogens with one attached hydrogen (secondary N) is 2. The number of aliphatic hydroxyl groups is 1. The summed E-state index contributed by atoms with van der Waals surface area (Å²) in [5.41, 5.74) is 0.880. The predicted molar refractivity (Wildman–Crippen MR) is 78.4 cm³/mol. The van der Waals surface area contributed by atoms with E-state index >= 15 is 0 Å². The van der Waals surface area contributed by atoms with E-state index in [2.05, 4.69) is 27.5 Å². The molecule has 3 N–H and O–H groups in total. The molecule has 1 rings (SSSR count). The fourth-order valence-electron chi connectivity index (χ4n) is 1.52. The molecule has 21 heavy (non-hydrogen) atoms. The molecule has 0 radical (unpaired) electrons. The van der Waals surface area contributed by atoms with Gasteiger partial charge in [0.25, 0.3) is 5.91 Å². The van der Waals surface area contributed by atoms with Gasteiger partial charge in [-0.05, 0) is 26.0 Å². The summed E-state index contributed by atoms with van der Waals surface area (Å²) in [5.74, 6) is 4.74. The fraction of sp³-hybridized carbons (Fsp3) is 0.400. The summed E-state index contributed by atoms with van der Waals surface area (Å²) in [6.07, 6.45) is 1.69. The van der Waals surface area contributed by atoms with Crippen LogP contribution >= 0.6 is 0 Å². The van der Waals surface area contributed by atoms with Gasteiger partial charge in [0.2, 0.25) is 5.91 Å². The summed E-state index contributed by atoms with van der Waals surface area (Å²) in [5, 5.41) is 13.9. The van der Waals surface area contributed by atoms with E-state index in [1.165, 1.54) is 6.20 Å². The first-order valence-electron chi connectivity index (χ1n) is 6.66. The lowest BCUT2D eigenvalue weighted by Crippen LogP contribution is -2.34. The van der Waals surface area contributed by atoms with Crippen molar-refractivity contribution in [2.45, 2.75) is 26.3 Å². The van der Waals surface area contributed by atoms with Crippen LogP contribution in [0.25, 0.3) is 0 Å². The Bertz CT molecular complexity index is 542. The summed E-state index contributed by atoms with van der Waals surface area (Å²) in [6.45, 7) is 3.79. The van der Waals surface area contributed by atoms with Gasteiger partial charge in [-0.15, -0.1) is 0 Å². The zero-order valence-electron chi connectivity index (χ0n) is 12.1. The summed E-state index contributed by atoms with van der Waals surface area (Å²) < 4.78 is 0. The Hall–Kier alpha value is -2.39. The number of hydrogen-bond acceptors (Lipinski definition) is 4. The number of hydrogen-bond donors (Lipinski definition) is 3. The van der Waals surface area contributed by atoms with Gasteiger partial charge in [-0.1, -0.05) is 11.8 Å². The molecule has 0 bridgehead atoms. The maximum Gasteiger partial charge on any atom is 0.269 e. The minimum Gasteiger partial charge on any atom is -0.384 e. The molecule has 0 atom stereocenters. The van der Waals surface area contributed by atoms with E-state index in [-0.39, 0.29) is 43.1 Å². The summed E-state index contributed by atoms with van der Waals surface area (Å²) >= 11 is 0. The first-order valence-corrected chi connectivity index (χ1v) is 6.66. The molecule has 0 saturated heterocycles. The Balaban J connectivity index is 2.43. The molecular weight excluding hydrogens is 270 g/mol. The topological polar surface area (TPSA) is 91.3 Å². The monoisotopic (exact) mass is 289 g/mol. The first kappa shape index (κ1) is 16.7. The first-order chi connectivity index (χ1) is 10.0. The Morgan fingerprint density at radius 2 is 2.14 bits per heavy atom. The van der Waals surface area contributed by atoms with E-state index < -0.39 is 0 Å². The predicted octanol–water partition coefficient (Wildman–Crippen LogP) is 0.0699. The quantitative estimate of drug-likeness (QED) is 0.669. The number of carbonyl (C=O) groups is 2. The second-order valence-corrected chi connectivity index (χ2v) is 4.62. The van der Waals surface area contributed by atoms with Gasteiger partial charge in [-0.3, -0.25) is 9.59 Å². The van der Waals surface area contributed by atoms with Crippen molar-refractivity contribution in [3.63, 3.8) is 0 Å². The van der Waals surface area contributed by atoms with E-state index in [1.54, 1.807) is 12.1 Å². The van der Waals surface area contributed by atoms with Crippen LogP contribution in [-0.4, -0.2) is 41.1 Å². The van der Waals surface area contributed by atoms with E-state index in [4.69, 9.17) is 5.11 Å². The van der Waals surface area contributed by atoms with Gasteiger partial charge < -0.3 is 15.7 Å². The standard InChI is InChI=1S/C15H19N3O3/c1-11(2)18-14(20)7-8-16-15(21)13-6-5-12(10-17-13)4-3-9-19/h5-6,10-11,19H,7-9H2,1-2H3,(H,16,21)(H,18,20). The highest BCUT2D eigenvalue weighted by Gasteiger charge is 2.08. The second kappa shape index (κ2) is 8.72. The van der Waals surface area contributed by atoms with Crippen LogP contribution in [0.1, 0.15) is 36.3 Å². The average Bonchev–Trinajstić information content (AvgIpc) is 2.44. The molecule has 0 saturated carbocycles. The Labute approximate surface area is 124 Å². The smallest absolute Gasteiger partial charge is 0.269 e. The molecule has 0 aromatic carbocycles. The molecular formula is C15H19N3O3. The Morgan fingerprint density at radius 1 is 1.38 bits per heavy atom. The lowest BCUT2D eigenvalue weighted by Gasteiger charge is -2.08. The zero-order valence-corrected chi connectivity index (χ0v) is 12.1. The number of rotatable bonds is 5. The van der Waals surface area contributed by atoms with Crippen LogP contribution < -0.4 is 10.6 Å². The van der Waals surface area contributed by atoms with Crippen molar-refractivity contribution in [2.75, 3.05) is 13.2 Å². The van der Waals surface area contributed by atoms with Crippen molar-refractivity contribution < 1.29 is 14.7 Å². The van der Waals surface area contributed by atoms with E-state index in [9.17, 15) is 9.59 Å². The zero-order chi connectivity index (χ0) is 15.7. The summed E-state index contributed by atoms with van der Waals surface area (Å²) in [6, 6.07) is 3.28. The molecule has 0 aliphatic carbocycles. The number of amides is 2. The maximum absolute atomic E-state index is 11.8. The molecule has 6 heteroatoms. The normalized spacial score (nSPS) is 9.71. The van der Waals surface area contributed by atoms with Gasteiger partial charge in [-0.25, -0.2) is 4.98 Å². The number of carbonyl (C=O) groups excluding carboxylic acids is 2. The molecule has 6 nitrogen and oxygen atoms in total. The molecule has 0 aliphatic heterocycles. The minimum atomic E-state index is -0.339. The van der Waals surface area contributed by atoms with Gasteiger partial charge in [0.15, 0.2) is 0 Å². The lowest BCUT2D eigenvalue weighted by atomic mass is 10.2. The highest BCUT2D eigenvalue weighted by Crippen LogP contribution is 1.99. The minimum absolute atomic E-state index is 0.0856. The third kappa shape index (κ3) is 6.54. The molecule has 0 spiro atoms. The summed E-state index contributed by atoms with van der Waals surface area (Å²) in [4.78, 5) is 27.2. The Kier molecular flexibility index (Phi) is 6.92. The van der Waals surface area contributed by atoms with E-state index in [1.807, 2.05) is 13.8 Å². The van der Waals surface area contributed by atoms with Crippen LogP contribution in [0.15, 0.2) is 18.3 Å². The Morgan fingerprint density at radius 3 is 2.71 bits per heavy atom. The molecule has 0 unspecified atom stereocenters. The maximum atomic E-state index is 11.8. The highest BCUT2D eigenvalue weighted by molar-refractivity contribution is 5.92. The average molecular weight is 289 g/mol. The van der Waals surface area contributed by atoms with Gasteiger partial charge in [0.05, 0.1) is 0 Å². The van der Waals surface area contributed by atoms with Gasteiger partial charge >= 0.3 is 0 Å². The van der Waals surface area contributed by atoms with Gasteiger partial charge in [0.1, 0.15) is 12.3 Å². The van der Waals surface area contributed by atoms with Crippen molar-refractivity contribution in [3.05, 3.63) is 29.6 Å². The third-order valence-electron chi connectivity index (χ3n) is 2.40. The van der Waals surface area contributed by atoms with Crippen LogP contribution in [-0.2, 0) is 4.79 Å². The van der Waals surface area contributed by atoms with Crippen LogP contribution in [0, 0.1) is 11.8 Å². The summed E-state index contributed by atoms with van der Waals surface area (Å²) in [7, 11) is 0. The van der Waals surface area contributed by atoms with Crippen LogP contribution in [0.5, 0.6) is 0 Å². The van der Waals surface area contributed by atoms with Crippen LogP contribution in [0.2, 0.25) is 0 Å². The molecule has 1 heterocycles. The van der Waals surface area contributed by atoms with Gasteiger partial charge in [0, 0.05) is 30.8 Å². The van der Waals surface area contributed by atoms with Crippen molar-refractivity contribution in [1.82, 2.24) is 15.6 Å². The SMILES string of the molecule is CC(C)NC(=O)CCNC(=O)c1ccc(C#CCO)cn1. The number of pyridine rings is 1. The third-order valence-corrected chi connectivity index (χ3v) is 2.40. The largest absolute Gasteiger partial charge is 0.384 e. The van der Waals surface area contributed by atoms with Crippen molar-refractivity contribution in [2.24, 2.45) is 0 Å². The van der Waals surface area contributed by atoms with E-state index in [0.29, 0.717) is 5.56 Å². The number of aliphatic hydroxyl groups excluding tert-OH is 1. The molecule has 112 valence electrons. The fourth-order valence-corrected chi connectivity index (χ4v) is 1.52. The second-order valence-electron chi connectivity index (χ2n) is 4.62. The number of aromatic nitrogens is 1. The van der Waals surface area contributed by atoms with Crippen molar-refractivity contribution >= 4 is 11.8 Å². The molecule has 0 fully saturated rings. The molecule has 0 aliphatic rings.